The van der Waals surface area contributed by atoms with Crippen LogP contribution in [0, 0.1) is 5.82 Å². The van der Waals surface area contributed by atoms with Gasteiger partial charge in [-0.3, -0.25) is 9.36 Å². The molecule has 0 radical (unpaired) electrons. The predicted octanol–water partition coefficient (Wildman–Crippen LogP) is 5.96. The lowest BCUT2D eigenvalue weighted by Gasteiger charge is -2.34. The summed E-state index contributed by atoms with van der Waals surface area (Å²) in [5.74, 6) is 0.0607. The van der Waals surface area contributed by atoms with Crippen LogP contribution < -0.4 is 0 Å². The SMILES string of the molecule is O=C(c1cccc2ccccc12)n1cc(C2CCN3CCCC3C2)c2cc(F)ccc21. The number of hydrogen-bond acceptors (Lipinski definition) is 2. The molecule has 6 rings (SSSR count). The summed E-state index contributed by atoms with van der Waals surface area (Å²) < 4.78 is 16.0. The first-order valence-corrected chi connectivity index (χ1v) is 11.3. The Morgan fingerprint density at radius 2 is 1.81 bits per heavy atom. The largest absolute Gasteiger partial charge is 0.300 e. The second-order valence-electron chi connectivity index (χ2n) is 9.00. The van der Waals surface area contributed by atoms with Crippen LogP contribution in [0.25, 0.3) is 21.7 Å². The quantitative estimate of drug-likeness (QED) is 0.406. The summed E-state index contributed by atoms with van der Waals surface area (Å²) in [7, 11) is 0. The number of fused-ring (bicyclic) bond motifs is 3. The molecule has 1 aromatic heterocycles. The van der Waals surface area contributed by atoms with E-state index in [1.54, 1.807) is 16.7 Å². The van der Waals surface area contributed by atoms with Gasteiger partial charge in [-0.15, -0.1) is 0 Å². The molecular weight excluding hydrogens is 387 g/mol. The highest BCUT2D eigenvalue weighted by molar-refractivity contribution is 6.11. The molecule has 0 amide bonds. The minimum absolute atomic E-state index is 0.0574. The number of halogens is 1. The number of rotatable bonds is 2. The Morgan fingerprint density at radius 3 is 2.74 bits per heavy atom. The Morgan fingerprint density at radius 1 is 0.935 bits per heavy atom. The molecule has 0 aliphatic carbocycles. The van der Waals surface area contributed by atoms with Crippen molar-refractivity contribution in [3.63, 3.8) is 0 Å². The van der Waals surface area contributed by atoms with Crippen LogP contribution in [0.2, 0.25) is 0 Å². The average Bonchev–Trinajstić information content (AvgIpc) is 3.42. The molecule has 0 bridgehead atoms. The van der Waals surface area contributed by atoms with Gasteiger partial charge in [0.05, 0.1) is 5.52 Å². The van der Waals surface area contributed by atoms with Crippen molar-refractivity contribution < 1.29 is 9.18 Å². The van der Waals surface area contributed by atoms with Gasteiger partial charge in [-0.1, -0.05) is 36.4 Å². The van der Waals surface area contributed by atoms with Crippen molar-refractivity contribution in [3.8, 4) is 0 Å². The number of carbonyl (C=O) groups is 1. The normalized spacial score (nSPS) is 21.6. The zero-order valence-electron chi connectivity index (χ0n) is 17.4. The van der Waals surface area contributed by atoms with Crippen LogP contribution in [-0.4, -0.2) is 34.5 Å². The lowest BCUT2D eigenvalue weighted by molar-refractivity contribution is 0.0966. The first-order valence-electron chi connectivity index (χ1n) is 11.3. The van der Waals surface area contributed by atoms with Crippen molar-refractivity contribution >= 4 is 27.6 Å². The van der Waals surface area contributed by atoms with Crippen molar-refractivity contribution in [2.45, 2.75) is 37.6 Å². The molecule has 2 unspecified atom stereocenters. The van der Waals surface area contributed by atoms with Gasteiger partial charge in [0.15, 0.2) is 0 Å². The number of nitrogens with zero attached hydrogens (tertiary/aromatic N) is 2. The summed E-state index contributed by atoms with van der Waals surface area (Å²) in [6.07, 6.45) is 6.67. The van der Waals surface area contributed by atoms with Gasteiger partial charge < -0.3 is 4.90 Å². The van der Waals surface area contributed by atoms with Crippen LogP contribution in [0.4, 0.5) is 4.39 Å². The molecule has 3 nitrogen and oxygen atoms in total. The summed E-state index contributed by atoms with van der Waals surface area (Å²) in [6, 6.07) is 19.2. The van der Waals surface area contributed by atoms with Gasteiger partial charge in [0.1, 0.15) is 5.82 Å². The van der Waals surface area contributed by atoms with Crippen LogP contribution in [0.1, 0.15) is 47.5 Å². The molecule has 2 atom stereocenters. The van der Waals surface area contributed by atoms with Gasteiger partial charge in [0.2, 0.25) is 0 Å². The third-order valence-corrected chi connectivity index (χ3v) is 7.30. The van der Waals surface area contributed by atoms with E-state index >= 15 is 0 Å². The monoisotopic (exact) mass is 412 g/mol. The summed E-state index contributed by atoms with van der Waals surface area (Å²) in [5.41, 5.74) is 2.59. The fraction of sp³-hybridized carbons (Fsp3) is 0.296. The van der Waals surface area contributed by atoms with Crippen LogP contribution in [0.3, 0.4) is 0 Å². The van der Waals surface area contributed by atoms with Crippen molar-refractivity contribution in [2.24, 2.45) is 0 Å². The molecule has 31 heavy (non-hydrogen) atoms. The highest BCUT2D eigenvalue weighted by Crippen LogP contribution is 2.40. The summed E-state index contributed by atoms with van der Waals surface area (Å²) in [5, 5.41) is 2.87. The Balaban J connectivity index is 1.47. The van der Waals surface area contributed by atoms with Gasteiger partial charge in [-0.2, -0.15) is 0 Å². The maximum absolute atomic E-state index is 14.2. The van der Waals surface area contributed by atoms with Crippen LogP contribution in [0.5, 0.6) is 0 Å². The second kappa shape index (κ2) is 7.31. The van der Waals surface area contributed by atoms with Gasteiger partial charge >= 0.3 is 0 Å². The van der Waals surface area contributed by atoms with E-state index in [0.29, 0.717) is 17.5 Å². The summed E-state index contributed by atoms with van der Waals surface area (Å²) in [6.45, 7) is 2.29. The van der Waals surface area contributed by atoms with Crippen molar-refractivity contribution in [3.05, 3.63) is 83.8 Å². The summed E-state index contributed by atoms with van der Waals surface area (Å²) >= 11 is 0. The lowest BCUT2D eigenvalue weighted by Crippen LogP contribution is -2.37. The van der Waals surface area contributed by atoms with Crippen molar-refractivity contribution in [1.29, 1.82) is 0 Å². The van der Waals surface area contributed by atoms with Crippen LogP contribution in [0.15, 0.2) is 66.9 Å². The Kier molecular flexibility index (Phi) is 4.43. The third-order valence-electron chi connectivity index (χ3n) is 7.30. The van der Waals surface area contributed by atoms with E-state index in [1.807, 2.05) is 48.7 Å². The van der Waals surface area contributed by atoms with E-state index in [9.17, 15) is 9.18 Å². The maximum Gasteiger partial charge on any atom is 0.262 e. The molecule has 0 saturated carbocycles. The average molecular weight is 413 g/mol. The number of carbonyl (C=O) groups excluding carboxylic acids is 1. The Labute approximate surface area is 181 Å². The highest BCUT2D eigenvalue weighted by Gasteiger charge is 2.34. The van der Waals surface area contributed by atoms with E-state index in [4.69, 9.17) is 0 Å². The highest BCUT2D eigenvalue weighted by atomic mass is 19.1. The van der Waals surface area contributed by atoms with E-state index in [-0.39, 0.29) is 11.7 Å². The van der Waals surface area contributed by atoms with Gasteiger partial charge in [-0.25, -0.2) is 4.39 Å². The van der Waals surface area contributed by atoms with Gasteiger partial charge in [0.25, 0.3) is 5.91 Å². The first kappa shape index (κ1) is 18.8. The van der Waals surface area contributed by atoms with Gasteiger partial charge in [-0.05, 0) is 85.3 Å². The molecule has 2 aliphatic heterocycles. The molecule has 2 aliphatic rings. The smallest absolute Gasteiger partial charge is 0.262 e. The molecule has 2 fully saturated rings. The number of piperidine rings is 1. The first-order chi connectivity index (χ1) is 15.2. The number of aromatic nitrogens is 1. The fourth-order valence-electron chi connectivity index (χ4n) is 5.77. The molecule has 156 valence electrons. The Hall–Kier alpha value is -2.98. The molecule has 4 heteroatoms. The van der Waals surface area contributed by atoms with Crippen LogP contribution >= 0.6 is 0 Å². The fourth-order valence-corrected chi connectivity index (χ4v) is 5.77. The minimum atomic E-state index is -0.248. The van der Waals surface area contributed by atoms with E-state index in [1.165, 1.54) is 25.5 Å². The molecule has 3 heterocycles. The zero-order valence-corrected chi connectivity index (χ0v) is 17.4. The lowest BCUT2D eigenvalue weighted by atomic mass is 9.85. The van der Waals surface area contributed by atoms with E-state index in [2.05, 4.69) is 4.90 Å². The molecule has 2 saturated heterocycles. The molecule has 4 aromatic rings. The predicted molar refractivity (Wildman–Crippen MR) is 122 cm³/mol. The number of benzene rings is 3. The second-order valence-corrected chi connectivity index (χ2v) is 9.00. The zero-order chi connectivity index (χ0) is 20.9. The Bertz CT molecular complexity index is 1300. The van der Waals surface area contributed by atoms with Crippen LogP contribution in [-0.2, 0) is 0 Å². The molecule has 0 N–H and O–H groups in total. The van der Waals surface area contributed by atoms with Gasteiger partial charge in [0, 0.05) is 23.2 Å². The molecular formula is C27H25FN2O. The summed E-state index contributed by atoms with van der Waals surface area (Å²) in [4.78, 5) is 16.3. The number of hydrogen-bond donors (Lipinski definition) is 0. The van der Waals surface area contributed by atoms with Crippen molar-refractivity contribution in [2.75, 3.05) is 13.1 Å². The third kappa shape index (κ3) is 3.09. The molecule has 3 aromatic carbocycles. The topological polar surface area (TPSA) is 25.2 Å². The molecule has 0 spiro atoms. The maximum atomic E-state index is 14.2. The standard InChI is InChI=1S/C27H25FN2O/c28-20-10-11-26-24(16-20)25(19-12-14-29-13-4-7-21(29)15-19)17-30(26)27(31)23-9-3-6-18-5-1-2-8-22(18)23/h1-3,5-6,8-11,16-17,19,21H,4,7,12-15H2. The minimum Gasteiger partial charge on any atom is -0.300 e. The van der Waals surface area contributed by atoms with E-state index in [0.717, 1.165) is 46.6 Å². The van der Waals surface area contributed by atoms with Crippen molar-refractivity contribution in [1.82, 2.24) is 9.47 Å². The van der Waals surface area contributed by atoms with E-state index < -0.39 is 0 Å².